The van der Waals surface area contributed by atoms with Crippen LogP contribution in [0.25, 0.3) is 0 Å². The van der Waals surface area contributed by atoms with Crippen LogP contribution >= 0.6 is 0 Å². The van der Waals surface area contributed by atoms with Gasteiger partial charge in [0.1, 0.15) is 0 Å². The molecule has 33 heavy (non-hydrogen) atoms. The Labute approximate surface area is 191 Å². The summed E-state index contributed by atoms with van der Waals surface area (Å²) in [5.41, 5.74) is 8.10. The summed E-state index contributed by atoms with van der Waals surface area (Å²) in [7, 11) is 0. The van der Waals surface area contributed by atoms with Crippen molar-refractivity contribution >= 4 is 29.1 Å². The van der Waals surface area contributed by atoms with E-state index < -0.39 is 0 Å². The van der Waals surface area contributed by atoms with Gasteiger partial charge in [-0.1, -0.05) is 18.2 Å². The second-order valence-electron chi connectivity index (χ2n) is 8.12. The highest BCUT2D eigenvalue weighted by molar-refractivity contribution is 6.06. The van der Waals surface area contributed by atoms with Crippen LogP contribution in [0.15, 0.2) is 71.3 Å². The van der Waals surface area contributed by atoms with Crippen molar-refractivity contribution in [3.8, 4) is 0 Å². The number of hydrogen-bond donors (Lipinski definition) is 3. The molecule has 2 aromatic carbocycles. The first-order chi connectivity index (χ1) is 16.0. The van der Waals surface area contributed by atoms with Crippen LogP contribution in [0.5, 0.6) is 0 Å². The zero-order valence-corrected chi connectivity index (χ0v) is 18.1. The molecule has 8 heteroatoms. The molecule has 1 fully saturated rings. The maximum Gasteiger partial charge on any atom is 0.291 e. The first-order valence-corrected chi connectivity index (χ1v) is 10.8. The van der Waals surface area contributed by atoms with Crippen LogP contribution < -0.4 is 16.4 Å². The van der Waals surface area contributed by atoms with Crippen molar-refractivity contribution in [2.45, 2.75) is 19.4 Å². The summed E-state index contributed by atoms with van der Waals surface area (Å²) in [5, 5.41) is 5.64. The lowest BCUT2D eigenvalue weighted by Crippen LogP contribution is -2.38. The Morgan fingerprint density at radius 1 is 0.909 bits per heavy atom. The molecule has 0 saturated carbocycles. The molecule has 170 valence electrons. The van der Waals surface area contributed by atoms with E-state index in [-0.39, 0.29) is 29.4 Å². The minimum Gasteiger partial charge on any atom is -0.459 e. The summed E-state index contributed by atoms with van der Waals surface area (Å²) >= 11 is 0. The largest absolute Gasteiger partial charge is 0.459 e. The average Bonchev–Trinajstić information content (AvgIpc) is 3.35. The molecule has 0 unspecified atom stereocenters. The van der Waals surface area contributed by atoms with E-state index >= 15 is 0 Å². The molecular weight excluding hydrogens is 420 g/mol. The number of furan rings is 1. The normalized spacial score (nSPS) is 14.5. The Balaban J connectivity index is 1.36. The van der Waals surface area contributed by atoms with Crippen LogP contribution in [0.4, 0.5) is 11.4 Å². The lowest BCUT2D eigenvalue weighted by atomic mass is 9.96. The van der Waals surface area contributed by atoms with E-state index in [1.807, 2.05) is 24.3 Å². The number of anilines is 2. The molecule has 3 aromatic rings. The predicted octanol–water partition coefficient (Wildman–Crippen LogP) is 3.48. The number of rotatable bonds is 7. The van der Waals surface area contributed by atoms with Crippen LogP contribution in [0.1, 0.15) is 39.3 Å². The Morgan fingerprint density at radius 2 is 1.61 bits per heavy atom. The lowest BCUT2D eigenvalue weighted by Gasteiger charge is -2.30. The minimum absolute atomic E-state index is 0.0356. The van der Waals surface area contributed by atoms with Gasteiger partial charge >= 0.3 is 0 Å². The van der Waals surface area contributed by atoms with Crippen LogP contribution in [0.2, 0.25) is 0 Å². The van der Waals surface area contributed by atoms with Crippen molar-refractivity contribution < 1.29 is 18.8 Å². The van der Waals surface area contributed by atoms with Crippen molar-refractivity contribution in [2.75, 3.05) is 23.7 Å². The van der Waals surface area contributed by atoms with E-state index in [0.717, 1.165) is 38.0 Å². The fourth-order valence-electron chi connectivity index (χ4n) is 3.92. The number of piperidine rings is 1. The van der Waals surface area contributed by atoms with Crippen molar-refractivity contribution in [1.82, 2.24) is 4.90 Å². The van der Waals surface area contributed by atoms with Crippen molar-refractivity contribution in [3.05, 3.63) is 83.8 Å². The molecule has 1 aliphatic rings. The van der Waals surface area contributed by atoms with Crippen LogP contribution in [0, 0.1) is 5.92 Å². The molecular formula is C25H26N4O4. The Morgan fingerprint density at radius 3 is 2.30 bits per heavy atom. The number of nitrogens with one attached hydrogen (secondary N) is 2. The summed E-state index contributed by atoms with van der Waals surface area (Å²) in [6.45, 7) is 2.38. The van der Waals surface area contributed by atoms with Gasteiger partial charge in [-0.2, -0.15) is 0 Å². The topological polar surface area (TPSA) is 118 Å². The molecule has 8 nitrogen and oxygen atoms in total. The monoisotopic (exact) mass is 446 g/mol. The van der Waals surface area contributed by atoms with E-state index in [2.05, 4.69) is 15.5 Å². The molecule has 4 rings (SSSR count). The van der Waals surface area contributed by atoms with Gasteiger partial charge in [-0.25, -0.2) is 0 Å². The zero-order chi connectivity index (χ0) is 23.2. The van der Waals surface area contributed by atoms with E-state index in [1.165, 1.54) is 6.26 Å². The van der Waals surface area contributed by atoms with Crippen LogP contribution in [0.3, 0.4) is 0 Å². The first kappa shape index (κ1) is 22.3. The van der Waals surface area contributed by atoms with Gasteiger partial charge in [0.15, 0.2) is 5.76 Å². The second-order valence-corrected chi connectivity index (χ2v) is 8.12. The van der Waals surface area contributed by atoms with Gasteiger partial charge in [0.05, 0.1) is 6.26 Å². The third-order valence-electron chi connectivity index (χ3n) is 5.71. The maximum atomic E-state index is 12.8. The molecule has 0 radical (unpaired) electrons. The molecule has 0 spiro atoms. The SMILES string of the molecule is NC(=O)C1CCN(Cc2cccc(NC(=O)c3cccc(NC(=O)c4ccco4)c3)c2)CC1. The van der Waals surface area contributed by atoms with E-state index in [0.29, 0.717) is 16.9 Å². The van der Waals surface area contributed by atoms with Gasteiger partial charge in [-0.15, -0.1) is 0 Å². The summed E-state index contributed by atoms with van der Waals surface area (Å²) in [5.74, 6) is -0.718. The molecule has 0 aliphatic carbocycles. The van der Waals surface area contributed by atoms with Crippen molar-refractivity contribution in [3.63, 3.8) is 0 Å². The summed E-state index contributed by atoms with van der Waals surface area (Å²) in [6, 6.07) is 17.6. The Hall–Kier alpha value is -3.91. The number of carbonyl (C=O) groups excluding carboxylic acids is 3. The maximum absolute atomic E-state index is 12.8. The standard InChI is InChI=1S/C25H26N4O4/c26-23(30)18-9-11-29(12-10-18)16-17-4-1-6-20(14-17)27-24(31)19-5-2-7-21(15-19)28-25(32)22-8-3-13-33-22/h1-8,13-15,18H,9-12,16H2,(H2,26,30)(H,27,31)(H,28,32). The van der Waals surface area contributed by atoms with E-state index in [1.54, 1.807) is 36.4 Å². The third-order valence-corrected chi connectivity index (χ3v) is 5.71. The van der Waals surface area contributed by atoms with Crippen LogP contribution in [-0.4, -0.2) is 35.7 Å². The van der Waals surface area contributed by atoms with Crippen LogP contribution in [-0.2, 0) is 11.3 Å². The molecule has 0 bridgehead atoms. The van der Waals surface area contributed by atoms with Gasteiger partial charge < -0.3 is 20.8 Å². The average molecular weight is 447 g/mol. The van der Waals surface area contributed by atoms with Crippen molar-refractivity contribution in [1.29, 1.82) is 0 Å². The first-order valence-electron chi connectivity index (χ1n) is 10.8. The molecule has 4 N–H and O–H groups in total. The summed E-state index contributed by atoms with van der Waals surface area (Å²) in [4.78, 5) is 38.6. The summed E-state index contributed by atoms with van der Waals surface area (Å²) < 4.78 is 5.09. The molecule has 0 atom stereocenters. The van der Waals surface area contributed by atoms with Crippen molar-refractivity contribution in [2.24, 2.45) is 11.7 Å². The van der Waals surface area contributed by atoms with Gasteiger partial charge in [-0.3, -0.25) is 19.3 Å². The van der Waals surface area contributed by atoms with Gasteiger partial charge in [0.2, 0.25) is 5.91 Å². The Bertz CT molecular complexity index is 1130. The fraction of sp³-hybridized carbons (Fsp3) is 0.240. The Kier molecular flexibility index (Phi) is 6.85. The smallest absolute Gasteiger partial charge is 0.291 e. The number of likely N-dealkylation sites (tertiary alicyclic amines) is 1. The van der Waals surface area contributed by atoms with Gasteiger partial charge in [0.25, 0.3) is 11.8 Å². The number of nitrogens with zero attached hydrogens (tertiary/aromatic N) is 1. The van der Waals surface area contributed by atoms with E-state index in [4.69, 9.17) is 10.2 Å². The third kappa shape index (κ3) is 5.87. The molecule has 3 amide bonds. The minimum atomic E-state index is -0.384. The highest BCUT2D eigenvalue weighted by Crippen LogP contribution is 2.21. The summed E-state index contributed by atoms with van der Waals surface area (Å²) in [6.07, 6.45) is 2.98. The number of carbonyl (C=O) groups is 3. The second kappa shape index (κ2) is 10.1. The molecule has 1 aromatic heterocycles. The van der Waals surface area contributed by atoms with Gasteiger partial charge in [-0.05, 0) is 74.0 Å². The highest BCUT2D eigenvalue weighted by Gasteiger charge is 2.23. The molecule has 2 heterocycles. The number of amides is 3. The van der Waals surface area contributed by atoms with E-state index in [9.17, 15) is 14.4 Å². The number of hydrogen-bond acceptors (Lipinski definition) is 5. The zero-order valence-electron chi connectivity index (χ0n) is 18.1. The van der Waals surface area contributed by atoms with Gasteiger partial charge in [0, 0.05) is 29.4 Å². The number of benzene rings is 2. The predicted molar refractivity (Wildman–Crippen MR) is 125 cm³/mol. The number of nitrogens with two attached hydrogens (primary N) is 1. The lowest BCUT2D eigenvalue weighted by molar-refractivity contribution is -0.123. The molecule has 1 aliphatic heterocycles. The fourth-order valence-corrected chi connectivity index (χ4v) is 3.92. The molecule has 1 saturated heterocycles. The quantitative estimate of drug-likeness (QED) is 0.514. The number of primary amides is 1. The highest BCUT2D eigenvalue weighted by atomic mass is 16.3.